The van der Waals surface area contributed by atoms with Crippen LogP contribution in [0.2, 0.25) is 0 Å². The van der Waals surface area contributed by atoms with Gasteiger partial charge in [0.1, 0.15) is 0 Å². The lowest BCUT2D eigenvalue weighted by Crippen LogP contribution is -2.24. The minimum Gasteiger partial charge on any atom is -0.300 e. The standard InChI is InChI=1S/C19H32N2O2S/c1-4-6-7-8-9-16-21(5-2)17-10-11-18-12-14-19(15-13-18)20-24(3,22)23/h10-15,20H,4-9,16-17H2,1-3H3. The van der Waals surface area contributed by atoms with Crippen LogP contribution in [0.25, 0.3) is 6.08 Å². The zero-order chi connectivity index (χ0) is 17.8. The van der Waals surface area contributed by atoms with Crippen LogP contribution in [0.3, 0.4) is 0 Å². The third kappa shape index (κ3) is 9.73. The number of unbranched alkanes of at least 4 members (excludes halogenated alkanes) is 4. The van der Waals surface area contributed by atoms with Crippen molar-refractivity contribution in [2.24, 2.45) is 0 Å². The van der Waals surface area contributed by atoms with E-state index in [1.54, 1.807) is 12.1 Å². The van der Waals surface area contributed by atoms with Crippen molar-refractivity contribution in [3.63, 3.8) is 0 Å². The van der Waals surface area contributed by atoms with Gasteiger partial charge in [-0.3, -0.25) is 9.62 Å². The number of anilines is 1. The molecule has 5 heteroatoms. The number of hydrogen-bond donors (Lipinski definition) is 1. The van der Waals surface area contributed by atoms with E-state index in [9.17, 15) is 8.42 Å². The molecule has 1 aromatic rings. The number of likely N-dealkylation sites (N-methyl/N-ethyl adjacent to an activating group) is 1. The number of nitrogens with zero attached hydrogens (tertiary/aromatic N) is 1. The smallest absolute Gasteiger partial charge is 0.229 e. The highest BCUT2D eigenvalue weighted by molar-refractivity contribution is 7.92. The van der Waals surface area contributed by atoms with Crippen LogP contribution in [0.15, 0.2) is 30.3 Å². The van der Waals surface area contributed by atoms with Gasteiger partial charge in [0.25, 0.3) is 0 Å². The Bertz CT molecular complexity index is 580. The van der Waals surface area contributed by atoms with E-state index < -0.39 is 10.0 Å². The molecule has 24 heavy (non-hydrogen) atoms. The number of rotatable bonds is 12. The highest BCUT2D eigenvalue weighted by atomic mass is 32.2. The van der Waals surface area contributed by atoms with Crippen LogP contribution in [0.1, 0.15) is 51.5 Å². The molecule has 136 valence electrons. The van der Waals surface area contributed by atoms with Crippen molar-refractivity contribution in [3.05, 3.63) is 35.9 Å². The van der Waals surface area contributed by atoms with E-state index in [2.05, 4.69) is 35.6 Å². The maximum absolute atomic E-state index is 11.2. The SMILES string of the molecule is CCCCCCCN(CC)CC=Cc1ccc(NS(C)(=O)=O)cc1. The molecule has 1 N–H and O–H groups in total. The van der Waals surface area contributed by atoms with Gasteiger partial charge >= 0.3 is 0 Å². The van der Waals surface area contributed by atoms with Crippen LogP contribution in [0, 0.1) is 0 Å². The summed E-state index contributed by atoms with van der Waals surface area (Å²) < 4.78 is 24.8. The molecule has 0 saturated heterocycles. The molecule has 0 aliphatic carbocycles. The van der Waals surface area contributed by atoms with Crippen molar-refractivity contribution >= 4 is 21.8 Å². The van der Waals surface area contributed by atoms with Gasteiger partial charge in [-0.2, -0.15) is 0 Å². The highest BCUT2D eigenvalue weighted by Gasteiger charge is 2.01. The molecule has 1 rings (SSSR count). The fourth-order valence-electron chi connectivity index (χ4n) is 2.53. The summed E-state index contributed by atoms with van der Waals surface area (Å²) in [5, 5.41) is 0. The number of hydrogen-bond acceptors (Lipinski definition) is 3. The van der Waals surface area contributed by atoms with E-state index in [0.717, 1.165) is 31.5 Å². The molecule has 0 aromatic heterocycles. The van der Waals surface area contributed by atoms with Gasteiger partial charge < -0.3 is 0 Å². The van der Waals surface area contributed by atoms with Gasteiger partial charge in [-0.15, -0.1) is 0 Å². The lowest BCUT2D eigenvalue weighted by atomic mass is 10.1. The summed E-state index contributed by atoms with van der Waals surface area (Å²) in [6, 6.07) is 7.41. The number of nitrogens with one attached hydrogen (secondary N) is 1. The van der Waals surface area contributed by atoms with E-state index in [-0.39, 0.29) is 0 Å². The number of benzene rings is 1. The summed E-state index contributed by atoms with van der Waals surface area (Å²) in [4.78, 5) is 2.45. The molecule has 0 atom stereocenters. The van der Waals surface area contributed by atoms with Crippen LogP contribution < -0.4 is 4.72 Å². The Morgan fingerprint density at radius 1 is 1.04 bits per heavy atom. The summed E-state index contributed by atoms with van der Waals surface area (Å²) >= 11 is 0. The Balaban J connectivity index is 2.38. The van der Waals surface area contributed by atoms with E-state index in [1.807, 2.05) is 12.1 Å². The maximum Gasteiger partial charge on any atom is 0.229 e. The van der Waals surface area contributed by atoms with Gasteiger partial charge in [0.15, 0.2) is 0 Å². The second-order valence-electron chi connectivity index (χ2n) is 6.21. The van der Waals surface area contributed by atoms with Gasteiger partial charge in [0.2, 0.25) is 10.0 Å². The summed E-state index contributed by atoms with van der Waals surface area (Å²) in [7, 11) is -3.21. The van der Waals surface area contributed by atoms with Crippen molar-refractivity contribution < 1.29 is 8.42 Å². The molecular formula is C19H32N2O2S. The van der Waals surface area contributed by atoms with Crippen molar-refractivity contribution in [1.29, 1.82) is 0 Å². The van der Waals surface area contributed by atoms with Crippen LogP contribution >= 0.6 is 0 Å². The number of sulfonamides is 1. The van der Waals surface area contributed by atoms with Gasteiger partial charge in [0.05, 0.1) is 6.26 Å². The van der Waals surface area contributed by atoms with Crippen molar-refractivity contribution in [2.75, 3.05) is 30.6 Å². The zero-order valence-electron chi connectivity index (χ0n) is 15.3. The van der Waals surface area contributed by atoms with Crippen LogP contribution in [0.4, 0.5) is 5.69 Å². The maximum atomic E-state index is 11.2. The molecule has 1 aromatic carbocycles. The summed E-state index contributed by atoms with van der Waals surface area (Å²) in [5.74, 6) is 0. The van der Waals surface area contributed by atoms with E-state index in [4.69, 9.17) is 0 Å². The minimum absolute atomic E-state index is 0.594. The molecule has 0 unspecified atom stereocenters. The molecule has 0 amide bonds. The average molecular weight is 353 g/mol. The lowest BCUT2D eigenvalue weighted by molar-refractivity contribution is 0.310. The monoisotopic (exact) mass is 352 g/mol. The molecule has 0 radical (unpaired) electrons. The fourth-order valence-corrected chi connectivity index (χ4v) is 3.10. The first-order valence-electron chi connectivity index (χ1n) is 8.91. The Hall–Kier alpha value is -1.33. The molecule has 0 fully saturated rings. The summed E-state index contributed by atoms with van der Waals surface area (Å²) in [6.07, 6.45) is 12.0. The van der Waals surface area contributed by atoms with Crippen molar-refractivity contribution in [3.8, 4) is 0 Å². The van der Waals surface area contributed by atoms with E-state index >= 15 is 0 Å². The van der Waals surface area contributed by atoms with Gasteiger partial charge in [0, 0.05) is 12.2 Å². The first-order valence-corrected chi connectivity index (χ1v) is 10.8. The van der Waals surface area contributed by atoms with Crippen LogP contribution in [0.5, 0.6) is 0 Å². The highest BCUT2D eigenvalue weighted by Crippen LogP contribution is 2.12. The second kappa shape index (κ2) is 11.3. The normalized spacial score (nSPS) is 12.2. The van der Waals surface area contributed by atoms with Crippen molar-refractivity contribution in [2.45, 2.75) is 46.0 Å². The first-order chi connectivity index (χ1) is 11.4. The molecule has 4 nitrogen and oxygen atoms in total. The predicted octanol–water partition coefficient (Wildman–Crippen LogP) is 4.36. The van der Waals surface area contributed by atoms with Gasteiger partial charge in [-0.25, -0.2) is 8.42 Å². The van der Waals surface area contributed by atoms with Crippen LogP contribution in [-0.4, -0.2) is 39.2 Å². The third-order valence-electron chi connectivity index (χ3n) is 3.91. The quantitative estimate of drug-likeness (QED) is 0.569. The predicted molar refractivity (Wildman–Crippen MR) is 105 cm³/mol. The lowest BCUT2D eigenvalue weighted by Gasteiger charge is -2.18. The summed E-state index contributed by atoms with van der Waals surface area (Å²) in [6.45, 7) is 7.61. The average Bonchev–Trinajstić information content (AvgIpc) is 2.53. The molecule has 0 aliphatic rings. The Morgan fingerprint density at radius 2 is 1.71 bits per heavy atom. The summed E-state index contributed by atoms with van der Waals surface area (Å²) in [5.41, 5.74) is 1.67. The Kier molecular flexibility index (Phi) is 9.72. The Morgan fingerprint density at radius 3 is 2.29 bits per heavy atom. The Labute approximate surface area is 148 Å². The van der Waals surface area contributed by atoms with Gasteiger partial charge in [-0.05, 0) is 37.2 Å². The minimum atomic E-state index is -3.21. The van der Waals surface area contributed by atoms with Crippen molar-refractivity contribution in [1.82, 2.24) is 4.90 Å². The largest absolute Gasteiger partial charge is 0.300 e. The van der Waals surface area contributed by atoms with Gasteiger partial charge in [-0.1, -0.05) is 63.8 Å². The van der Waals surface area contributed by atoms with Crippen LogP contribution in [-0.2, 0) is 10.0 Å². The topological polar surface area (TPSA) is 49.4 Å². The molecule has 0 spiro atoms. The molecule has 0 aliphatic heterocycles. The molecule has 0 bridgehead atoms. The fraction of sp³-hybridized carbons (Fsp3) is 0.579. The first kappa shape index (κ1) is 20.7. The molecule has 0 heterocycles. The zero-order valence-corrected chi connectivity index (χ0v) is 16.1. The van der Waals surface area contributed by atoms with E-state index in [1.165, 1.54) is 32.1 Å². The third-order valence-corrected chi connectivity index (χ3v) is 4.52. The van der Waals surface area contributed by atoms with E-state index in [0.29, 0.717) is 5.69 Å². The molecular weight excluding hydrogens is 320 g/mol. The molecule has 0 saturated carbocycles. The second-order valence-corrected chi connectivity index (χ2v) is 7.95.